The average Bonchev–Trinajstić information content (AvgIpc) is 1.96. The van der Waals surface area contributed by atoms with Crippen LogP contribution in [0.3, 0.4) is 0 Å². The number of carbonyl (C=O) groups excluding carboxylic acids is 1. The molecule has 0 rings (SSSR count). The summed E-state index contributed by atoms with van der Waals surface area (Å²) in [7, 11) is 0. The van der Waals surface area contributed by atoms with Gasteiger partial charge in [-0.15, -0.1) is 0 Å². The lowest BCUT2D eigenvalue weighted by Crippen LogP contribution is -2.27. The number of rotatable bonds is 5. The van der Waals surface area contributed by atoms with Crippen LogP contribution in [-0.2, 0) is 14.3 Å². The van der Waals surface area contributed by atoms with Gasteiger partial charge in [-0.05, 0) is 13.8 Å². The molecule has 0 amide bonds. The van der Waals surface area contributed by atoms with Gasteiger partial charge < -0.3 is 9.47 Å². The summed E-state index contributed by atoms with van der Waals surface area (Å²) in [6, 6.07) is 0. The molecule has 70 valence electrons. The molecule has 0 aromatic carbocycles. The average molecular weight is 237 g/mol. The van der Waals surface area contributed by atoms with Crippen LogP contribution in [0.15, 0.2) is 12.8 Å². The summed E-state index contributed by atoms with van der Waals surface area (Å²) in [5.41, 5.74) is 0. The molecular weight excluding hydrogens is 224 g/mol. The van der Waals surface area contributed by atoms with Crippen LogP contribution in [0.1, 0.15) is 13.8 Å². The first-order valence-corrected chi connectivity index (χ1v) is 4.36. The highest BCUT2D eigenvalue weighted by Gasteiger charge is 2.24. The second-order valence-corrected chi connectivity index (χ2v) is 4.63. The molecular formula is C8H13BrO3. The van der Waals surface area contributed by atoms with Crippen LogP contribution in [0.4, 0.5) is 0 Å². The van der Waals surface area contributed by atoms with E-state index in [2.05, 4.69) is 22.5 Å². The van der Waals surface area contributed by atoms with Gasteiger partial charge >= 0.3 is 5.97 Å². The third-order valence-electron chi connectivity index (χ3n) is 1.04. The lowest BCUT2D eigenvalue weighted by molar-refractivity contribution is -0.146. The topological polar surface area (TPSA) is 35.5 Å². The lowest BCUT2D eigenvalue weighted by atomic mass is 10.2. The Bertz CT molecular complexity index is 160. The van der Waals surface area contributed by atoms with Gasteiger partial charge in [0.05, 0.1) is 6.26 Å². The summed E-state index contributed by atoms with van der Waals surface area (Å²) < 4.78 is 8.99. The summed E-state index contributed by atoms with van der Waals surface area (Å²) in [5, 5.41) is 0. The molecule has 0 aromatic heterocycles. The van der Waals surface area contributed by atoms with Crippen molar-refractivity contribution in [1.29, 1.82) is 0 Å². The molecule has 0 aliphatic carbocycles. The van der Waals surface area contributed by atoms with Crippen LogP contribution >= 0.6 is 15.9 Å². The van der Waals surface area contributed by atoms with E-state index in [1.54, 1.807) is 13.8 Å². The molecule has 0 bridgehead atoms. The van der Waals surface area contributed by atoms with E-state index in [1.807, 2.05) is 0 Å². The van der Waals surface area contributed by atoms with Crippen molar-refractivity contribution in [1.82, 2.24) is 0 Å². The number of carbonyl (C=O) groups is 1. The first-order chi connectivity index (χ1) is 5.48. The zero-order chi connectivity index (χ0) is 9.61. The molecule has 0 spiro atoms. The Hall–Kier alpha value is -0.510. The van der Waals surface area contributed by atoms with Crippen LogP contribution in [0.5, 0.6) is 0 Å². The maximum atomic E-state index is 11.1. The zero-order valence-electron chi connectivity index (χ0n) is 7.30. The number of halogens is 1. The van der Waals surface area contributed by atoms with Crippen molar-refractivity contribution in [2.45, 2.75) is 18.2 Å². The Morgan fingerprint density at radius 3 is 2.58 bits per heavy atom. The number of hydrogen-bond donors (Lipinski definition) is 0. The van der Waals surface area contributed by atoms with Crippen molar-refractivity contribution in [3.8, 4) is 0 Å². The van der Waals surface area contributed by atoms with E-state index in [4.69, 9.17) is 9.47 Å². The Morgan fingerprint density at radius 1 is 1.58 bits per heavy atom. The van der Waals surface area contributed by atoms with Crippen molar-refractivity contribution in [3.05, 3.63) is 12.8 Å². The van der Waals surface area contributed by atoms with Crippen molar-refractivity contribution in [2.75, 3.05) is 13.2 Å². The summed E-state index contributed by atoms with van der Waals surface area (Å²) >= 11 is 3.18. The maximum Gasteiger partial charge on any atom is 0.322 e. The van der Waals surface area contributed by atoms with Gasteiger partial charge in [0.2, 0.25) is 0 Å². The number of hydrogen-bond acceptors (Lipinski definition) is 3. The molecule has 0 aromatic rings. The molecule has 3 nitrogen and oxygen atoms in total. The fourth-order valence-electron chi connectivity index (χ4n) is 0.437. The van der Waals surface area contributed by atoms with E-state index in [1.165, 1.54) is 6.26 Å². The second kappa shape index (κ2) is 5.19. The molecule has 0 fully saturated rings. The zero-order valence-corrected chi connectivity index (χ0v) is 8.89. The minimum absolute atomic E-state index is 0.250. The van der Waals surface area contributed by atoms with Crippen molar-refractivity contribution < 1.29 is 14.3 Å². The van der Waals surface area contributed by atoms with E-state index in [-0.39, 0.29) is 12.6 Å². The van der Waals surface area contributed by atoms with Crippen LogP contribution in [0, 0.1) is 0 Å². The van der Waals surface area contributed by atoms with Crippen LogP contribution < -0.4 is 0 Å². The smallest absolute Gasteiger partial charge is 0.322 e. The Morgan fingerprint density at radius 2 is 2.17 bits per heavy atom. The van der Waals surface area contributed by atoms with Crippen LogP contribution in [0.2, 0.25) is 0 Å². The maximum absolute atomic E-state index is 11.1. The monoisotopic (exact) mass is 236 g/mol. The van der Waals surface area contributed by atoms with E-state index in [0.717, 1.165) is 0 Å². The molecule has 12 heavy (non-hydrogen) atoms. The Labute approximate surface area is 80.9 Å². The molecule has 0 aliphatic heterocycles. The number of ether oxygens (including phenoxy) is 2. The van der Waals surface area contributed by atoms with Crippen LogP contribution in [-0.4, -0.2) is 23.5 Å². The first kappa shape index (κ1) is 11.5. The van der Waals surface area contributed by atoms with E-state index in [0.29, 0.717) is 6.61 Å². The van der Waals surface area contributed by atoms with E-state index >= 15 is 0 Å². The molecule has 0 atom stereocenters. The van der Waals surface area contributed by atoms with Gasteiger partial charge in [0.15, 0.2) is 0 Å². The highest BCUT2D eigenvalue weighted by atomic mass is 79.9. The molecule has 0 unspecified atom stereocenters. The van der Waals surface area contributed by atoms with Crippen molar-refractivity contribution in [2.24, 2.45) is 0 Å². The molecule has 0 radical (unpaired) electrons. The molecule has 0 aliphatic rings. The molecule has 0 heterocycles. The minimum Gasteiger partial charge on any atom is -0.498 e. The highest BCUT2D eigenvalue weighted by molar-refractivity contribution is 9.10. The van der Waals surface area contributed by atoms with Crippen molar-refractivity contribution in [3.63, 3.8) is 0 Å². The number of esters is 1. The van der Waals surface area contributed by atoms with Crippen molar-refractivity contribution >= 4 is 21.9 Å². The van der Waals surface area contributed by atoms with Gasteiger partial charge in [-0.25, -0.2) is 0 Å². The standard InChI is InChI=1S/C8H13BrO3/c1-4-11-5-6-12-7(10)8(2,3)9/h4H,1,5-6H2,2-3H3. The van der Waals surface area contributed by atoms with Gasteiger partial charge in [0, 0.05) is 0 Å². The van der Waals surface area contributed by atoms with Gasteiger partial charge in [-0.3, -0.25) is 4.79 Å². The van der Waals surface area contributed by atoms with Gasteiger partial charge in [-0.1, -0.05) is 22.5 Å². The molecule has 0 saturated heterocycles. The van der Waals surface area contributed by atoms with Crippen LogP contribution in [0.25, 0.3) is 0 Å². The second-order valence-electron chi connectivity index (χ2n) is 2.65. The minimum atomic E-state index is -0.624. The Kier molecular flexibility index (Phi) is 4.97. The summed E-state index contributed by atoms with van der Waals surface area (Å²) in [6.45, 7) is 7.40. The van der Waals surface area contributed by atoms with Gasteiger partial charge in [-0.2, -0.15) is 0 Å². The summed E-state index contributed by atoms with van der Waals surface area (Å²) in [6.07, 6.45) is 1.31. The Balaban J connectivity index is 3.51. The van der Waals surface area contributed by atoms with E-state index < -0.39 is 4.32 Å². The fraction of sp³-hybridized carbons (Fsp3) is 0.625. The third-order valence-corrected chi connectivity index (χ3v) is 1.36. The van der Waals surface area contributed by atoms with E-state index in [9.17, 15) is 4.79 Å². The summed E-state index contributed by atoms with van der Waals surface area (Å²) in [4.78, 5) is 11.1. The molecule has 0 saturated carbocycles. The predicted molar refractivity (Wildman–Crippen MR) is 50.1 cm³/mol. The third kappa shape index (κ3) is 5.18. The SMILES string of the molecule is C=COCCOC(=O)C(C)(C)Br. The summed E-state index contributed by atoms with van der Waals surface area (Å²) in [5.74, 6) is -0.296. The number of alkyl halides is 1. The fourth-order valence-corrected chi connectivity index (χ4v) is 0.552. The quantitative estimate of drug-likeness (QED) is 0.317. The lowest BCUT2D eigenvalue weighted by Gasteiger charge is -2.14. The normalized spacial score (nSPS) is 10.6. The molecule has 0 N–H and O–H groups in total. The highest BCUT2D eigenvalue weighted by Crippen LogP contribution is 2.17. The van der Waals surface area contributed by atoms with Gasteiger partial charge in [0.25, 0.3) is 0 Å². The molecule has 4 heteroatoms. The predicted octanol–water partition coefficient (Wildman–Crippen LogP) is 1.86. The first-order valence-electron chi connectivity index (χ1n) is 3.57. The largest absolute Gasteiger partial charge is 0.498 e. The van der Waals surface area contributed by atoms with Gasteiger partial charge in [0.1, 0.15) is 17.5 Å².